The SMILES string of the molecule is CC1CC(C)CN(C(C)CNC2CCCCC2)C1. The van der Waals surface area contributed by atoms with Gasteiger partial charge in [0.05, 0.1) is 0 Å². The van der Waals surface area contributed by atoms with Gasteiger partial charge in [-0.15, -0.1) is 0 Å². The van der Waals surface area contributed by atoms with Crippen LogP contribution in [0, 0.1) is 11.8 Å². The van der Waals surface area contributed by atoms with Crippen molar-refractivity contribution in [3.8, 4) is 0 Å². The van der Waals surface area contributed by atoms with Gasteiger partial charge >= 0.3 is 0 Å². The van der Waals surface area contributed by atoms with E-state index in [0.29, 0.717) is 6.04 Å². The number of nitrogens with one attached hydrogen (secondary N) is 1. The second-order valence-electron chi connectivity index (χ2n) is 6.99. The highest BCUT2D eigenvalue weighted by Gasteiger charge is 2.25. The number of rotatable bonds is 4. The lowest BCUT2D eigenvalue weighted by molar-refractivity contribution is 0.0998. The molecule has 1 N–H and O–H groups in total. The van der Waals surface area contributed by atoms with Gasteiger partial charge < -0.3 is 5.32 Å². The zero-order chi connectivity index (χ0) is 13.0. The fourth-order valence-electron chi connectivity index (χ4n) is 3.84. The minimum atomic E-state index is 0.706. The Balaban J connectivity index is 1.71. The monoisotopic (exact) mass is 252 g/mol. The highest BCUT2D eigenvalue weighted by Crippen LogP contribution is 2.23. The molecular formula is C16H32N2. The first kappa shape index (κ1) is 14.3. The van der Waals surface area contributed by atoms with Crippen LogP contribution in [0.25, 0.3) is 0 Å². The largest absolute Gasteiger partial charge is 0.312 e. The molecule has 0 spiro atoms. The third-order valence-corrected chi connectivity index (χ3v) is 4.83. The first-order valence-corrected chi connectivity index (χ1v) is 8.12. The molecule has 106 valence electrons. The maximum Gasteiger partial charge on any atom is 0.0192 e. The van der Waals surface area contributed by atoms with E-state index in [1.165, 1.54) is 58.2 Å². The molecule has 2 heteroatoms. The predicted molar refractivity (Wildman–Crippen MR) is 78.9 cm³/mol. The Morgan fingerprint density at radius 2 is 1.67 bits per heavy atom. The van der Waals surface area contributed by atoms with E-state index in [4.69, 9.17) is 0 Å². The summed E-state index contributed by atoms with van der Waals surface area (Å²) in [6.45, 7) is 11.0. The summed E-state index contributed by atoms with van der Waals surface area (Å²) in [4.78, 5) is 2.70. The first-order chi connectivity index (χ1) is 8.65. The molecule has 1 saturated carbocycles. The minimum Gasteiger partial charge on any atom is -0.312 e. The van der Waals surface area contributed by atoms with Crippen LogP contribution in [0.3, 0.4) is 0 Å². The predicted octanol–water partition coefficient (Wildman–Crippen LogP) is 3.28. The normalized spacial score (nSPS) is 33.5. The van der Waals surface area contributed by atoms with Crippen molar-refractivity contribution < 1.29 is 0 Å². The van der Waals surface area contributed by atoms with Crippen molar-refractivity contribution in [1.29, 1.82) is 0 Å². The van der Waals surface area contributed by atoms with Crippen LogP contribution in [-0.4, -0.2) is 36.6 Å². The number of hydrogen-bond acceptors (Lipinski definition) is 2. The summed E-state index contributed by atoms with van der Waals surface area (Å²) in [5, 5.41) is 3.81. The summed E-state index contributed by atoms with van der Waals surface area (Å²) >= 11 is 0. The lowest BCUT2D eigenvalue weighted by atomic mass is 9.91. The zero-order valence-electron chi connectivity index (χ0n) is 12.6. The van der Waals surface area contributed by atoms with Gasteiger partial charge in [0.25, 0.3) is 0 Å². The van der Waals surface area contributed by atoms with Crippen molar-refractivity contribution in [3.05, 3.63) is 0 Å². The minimum absolute atomic E-state index is 0.706. The highest BCUT2D eigenvalue weighted by molar-refractivity contribution is 4.81. The van der Waals surface area contributed by atoms with Gasteiger partial charge in [0.2, 0.25) is 0 Å². The third-order valence-electron chi connectivity index (χ3n) is 4.83. The van der Waals surface area contributed by atoms with E-state index >= 15 is 0 Å². The van der Waals surface area contributed by atoms with Crippen molar-refractivity contribution in [2.45, 2.75) is 71.4 Å². The van der Waals surface area contributed by atoms with Crippen LogP contribution in [0.4, 0.5) is 0 Å². The van der Waals surface area contributed by atoms with Crippen molar-refractivity contribution in [2.24, 2.45) is 11.8 Å². The van der Waals surface area contributed by atoms with Crippen molar-refractivity contribution in [2.75, 3.05) is 19.6 Å². The van der Waals surface area contributed by atoms with Gasteiger partial charge in [-0.25, -0.2) is 0 Å². The summed E-state index contributed by atoms with van der Waals surface area (Å²) in [6.07, 6.45) is 8.54. The molecule has 0 aromatic heterocycles. The summed E-state index contributed by atoms with van der Waals surface area (Å²) in [5.41, 5.74) is 0. The molecule has 2 rings (SSSR count). The molecule has 1 aliphatic carbocycles. The summed E-state index contributed by atoms with van der Waals surface area (Å²) < 4.78 is 0. The Morgan fingerprint density at radius 3 is 2.28 bits per heavy atom. The Bertz CT molecular complexity index is 225. The molecule has 2 nitrogen and oxygen atoms in total. The molecule has 1 aliphatic heterocycles. The van der Waals surface area contributed by atoms with E-state index in [1.807, 2.05) is 0 Å². The van der Waals surface area contributed by atoms with Crippen molar-refractivity contribution >= 4 is 0 Å². The van der Waals surface area contributed by atoms with E-state index in [0.717, 1.165) is 17.9 Å². The zero-order valence-corrected chi connectivity index (χ0v) is 12.6. The number of piperidine rings is 1. The molecular weight excluding hydrogens is 220 g/mol. The molecule has 0 aromatic carbocycles. The van der Waals surface area contributed by atoms with Crippen LogP contribution in [0.2, 0.25) is 0 Å². The van der Waals surface area contributed by atoms with Crippen LogP contribution < -0.4 is 5.32 Å². The Hall–Kier alpha value is -0.0800. The van der Waals surface area contributed by atoms with Crippen LogP contribution in [0.1, 0.15) is 59.3 Å². The Kier molecular flexibility index (Phi) is 5.50. The molecule has 2 fully saturated rings. The lowest BCUT2D eigenvalue weighted by Crippen LogP contribution is -2.49. The quantitative estimate of drug-likeness (QED) is 0.826. The summed E-state index contributed by atoms with van der Waals surface area (Å²) in [7, 11) is 0. The van der Waals surface area contributed by atoms with Crippen molar-refractivity contribution in [1.82, 2.24) is 10.2 Å². The average molecular weight is 252 g/mol. The van der Waals surface area contributed by atoms with E-state index < -0.39 is 0 Å². The van der Waals surface area contributed by atoms with Gasteiger partial charge in [-0.3, -0.25) is 4.90 Å². The second kappa shape index (κ2) is 6.91. The maximum absolute atomic E-state index is 3.81. The Labute approximate surface area is 114 Å². The fraction of sp³-hybridized carbons (Fsp3) is 1.00. The van der Waals surface area contributed by atoms with Crippen LogP contribution in [0.15, 0.2) is 0 Å². The maximum atomic E-state index is 3.81. The average Bonchev–Trinajstić information content (AvgIpc) is 2.36. The lowest BCUT2D eigenvalue weighted by Gasteiger charge is -2.39. The molecule has 18 heavy (non-hydrogen) atoms. The number of nitrogens with zero attached hydrogens (tertiary/aromatic N) is 1. The van der Waals surface area contributed by atoms with Gasteiger partial charge in [-0.1, -0.05) is 33.1 Å². The molecule has 0 amide bonds. The van der Waals surface area contributed by atoms with Crippen LogP contribution in [-0.2, 0) is 0 Å². The summed E-state index contributed by atoms with van der Waals surface area (Å²) in [5.74, 6) is 1.76. The number of likely N-dealkylation sites (tertiary alicyclic amines) is 1. The van der Waals surface area contributed by atoms with Crippen molar-refractivity contribution in [3.63, 3.8) is 0 Å². The molecule has 2 aliphatic rings. The fourth-order valence-corrected chi connectivity index (χ4v) is 3.84. The van der Waals surface area contributed by atoms with Crippen LogP contribution in [0.5, 0.6) is 0 Å². The second-order valence-corrected chi connectivity index (χ2v) is 6.99. The number of hydrogen-bond donors (Lipinski definition) is 1. The summed E-state index contributed by atoms with van der Waals surface area (Å²) in [6, 6.07) is 1.51. The highest BCUT2D eigenvalue weighted by atomic mass is 15.2. The van der Waals surface area contributed by atoms with Gasteiger partial charge in [0.1, 0.15) is 0 Å². The molecule has 3 unspecified atom stereocenters. The standard InChI is InChI=1S/C16H32N2/c1-13-9-14(2)12-18(11-13)15(3)10-17-16-7-5-4-6-8-16/h13-17H,4-12H2,1-3H3. The third kappa shape index (κ3) is 4.24. The Morgan fingerprint density at radius 1 is 1.06 bits per heavy atom. The van der Waals surface area contributed by atoms with Crippen LogP contribution >= 0.6 is 0 Å². The molecule has 0 aromatic rings. The van der Waals surface area contributed by atoms with Gasteiger partial charge in [0, 0.05) is 31.7 Å². The molecule has 0 radical (unpaired) electrons. The van der Waals surface area contributed by atoms with E-state index in [-0.39, 0.29) is 0 Å². The molecule has 3 atom stereocenters. The van der Waals surface area contributed by atoms with E-state index in [2.05, 4.69) is 31.0 Å². The smallest absolute Gasteiger partial charge is 0.0192 e. The van der Waals surface area contributed by atoms with Gasteiger partial charge in [0.15, 0.2) is 0 Å². The van der Waals surface area contributed by atoms with E-state index in [9.17, 15) is 0 Å². The molecule has 0 bridgehead atoms. The van der Waals surface area contributed by atoms with E-state index in [1.54, 1.807) is 0 Å². The topological polar surface area (TPSA) is 15.3 Å². The molecule has 1 heterocycles. The molecule has 1 saturated heterocycles. The first-order valence-electron chi connectivity index (χ1n) is 8.12. The van der Waals surface area contributed by atoms with Gasteiger partial charge in [-0.2, -0.15) is 0 Å². The van der Waals surface area contributed by atoms with Gasteiger partial charge in [-0.05, 0) is 38.0 Å².